The molecule has 41 heavy (non-hydrogen) atoms. The van der Waals surface area contributed by atoms with E-state index in [0.717, 1.165) is 32.3 Å². The van der Waals surface area contributed by atoms with Crippen molar-refractivity contribution in [3.8, 4) is 0 Å². The molecule has 7 nitrogen and oxygen atoms in total. The van der Waals surface area contributed by atoms with Crippen LogP contribution in [-0.4, -0.2) is 50.4 Å². The third-order valence-electron chi connectivity index (χ3n) is 7.48. The van der Waals surface area contributed by atoms with Gasteiger partial charge in [-0.05, 0) is 61.4 Å². The molecule has 1 unspecified atom stereocenters. The van der Waals surface area contributed by atoms with Gasteiger partial charge >= 0.3 is 5.97 Å². The zero-order chi connectivity index (χ0) is 29.8. The summed E-state index contributed by atoms with van der Waals surface area (Å²) in [7, 11) is 0. The Morgan fingerprint density at radius 2 is 1.44 bits per heavy atom. The number of hydrogen-bond donors (Lipinski definition) is 2. The lowest BCUT2D eigenvalue weighted by Crippen LogP contribution is -2.25. The molecular formula is C34H48N2O5. The van der Waals surface area contributed by atoms with Crippen molar-refractivity contribution in [2.75, 3.05) is 43.5 Å². The summed E-state index contributed by atoms with van der Waals surface area (Å²) in [4.78, 5) is 40.3. The average molecular weight is 565 g/mol. The second-order valence-corrected chi connectivity index (χ2v) is 11.4. The first-order chi connectivity index (χ1) is 19.8. The highest BCUT2D eigenvalue weighted by molar-refractivity contribution is 6.32. The Labute approximate surface area is 245 Å². The molecule has 0 fully saturated rings. The van der Waals surface area contributed by atoms with E-state index in [-0.39, 0.29) is 35.2 Å². The van der Waals surface area contributed by atoms with Gasteiger partial charge in [0.1, 0.15) is 0 Å². The van der Waals surface area contributed by atoms with Crippen LogP contribution in [0.15, 0.2) is 30.3 Å². The predicted octanol–water partition coefficient (Wildman–Crippen LogP) is 7.52. The Kier molecular flexibility index (Phi) is 12.9. The SMILES string of the molecule is CCCCNc1ccc(NCCCOCC(CC)CCCC)c2c1C(=O)c1ccc(C(=O)OCC(C)C)cc1C2=O. The molecule has 2 aromatic rings. The van der Waals surface area contributed by atoms with Gasteiger partial charge in [-0.2, -0.15) is 0 Å². The van der Waals surface area contributed by atoms with Crippen LogP contribution in [0.2, 0.25) is 0 Å². The first-order valence-electron chi connectivity index (χ1n) is 15.4. The normalized spacial score (nSPS) is 13.1. The van der Waals surface area contributed by atoms with Crippen LogP contribution in [0.5, 0.6) is 0 Å². The number of carbonyl (C=O) groups excluding carboxylic acids is 3. The minimum absolute atomic E-state index is 0.193. The van der Waals surface area contributed by atoms with Crippen molar-refractivity contribution in [3.63, 3.8) is 0 Å². The number of carbonyl (C=O) groups is 3. The number of anilines is 2. The molecule has 1 aliphatic rings. The van der Waals surface area contributed by atoms with Crippen molar-refractivity contribution < 1.29 is 23.9 Å². The highest BCUT2D eigenvalue weighted by Crippen LogP contribution is 2.37. The standard InChI is InChI=1S/C34H48N2O5/c1-6-9-12-24(8-3)22-40-19-11-18-36-29-16-15-28(35-17-10-7-2)30-31(29)33(38)27-20-25(13-14-26(27)32(30)37)34(39)41-21-23(4)5/h13-16,20,23-24,35-36H,6-12,17-19,21-22H2,1-5H3. The van der Waals surface area contributed by atoms with E-state index in [9.17, 15) is 14.4 Å². The van der Waals surface area contributed by atoms with Gasteiger partial charge in [0.2, 0.25) is 0 Å². The fourth-order valence-electron chi connectivity index (χ4n) is 4.97. The number of benzene rings is 2. The summed E-state index contributed by atoms with van der Waals surface area (Å²) in [6.07, 6.45) is 7.50. The molecule has 0 radical (unpaired) electrons. The monoisotopic (exact) mass is 564 g/mol. The number of hydrogen-bond acceptors (Lipinski definition) is 7. The van der Waals surface area contributed by atoms with Gasteiger partial charge in [0, 0.05) is 48.8 Å². The van der Waals surface area contributed by atoms with Crippen LogP contribution in [0, 0.1) is 11.8 Å². The first kappa shape index (κ1) is 32.3. The number of rotatable bonds is 18. The summed E-state index contributed by atoms with van der Waals surface area (Å²) in [5.41, 5.74) is 2.82. The van der Waals surface area contributed by atoms with Gasteiger partial charge in [0.15, 0.2) is 11.6 Å². The molecule has 3 rings (SSSR count). The molecule has 2 aromatic carbocycles. The molecule has 0 amide bonds. The molecule has 1 aliphatic carbocycles. The fraction of sp³-hybridized carbons (Fsp3) is 0.559. The molecule has 0 spiro atoms. The molecule has 0 saturated heterocycles. The largest absolute Gasteiger partial charge is 0.462 e. The number of esters is 1. The summed E-state index contributed by atoms with van der Waals surface area (Å²) in [5, 5.41) is 6.74. The smallest absolute Gasteiger partial charge is 0.338 e. The van der Waals surface area contributed by atoms with Crippen molar-refractivity contribution in [1.82, 2.24) is 0 Å². The lowest BCUT2D eigenvalue weighted by atomic mass is 9.81. The third kappa shape index (κ3) is 8.65. The summed E-state index contributed by atoms with van der Waals surface area (Å²) in [6.45, 7) is 13.5. The van der Waals surface area contributed by atoms with E-state index < -0.39 is 5.97 Å². The van der Waals surface area contributed by atoms with Crippen LogP contribution in [0.1, 0.15) is 122 Å². The highest BCUT2D eigenvalue weighted by atomic mass is 16.5. The minimum Gasteiger partial charge on any atom is -0.462 e. The van der Waals surface area contributed by atoms with Crippen molar-refractivity contribution >= 4 is 28.9 Å². The van der Waals surface area contributed by atoms with Crippen molar-refractivity contribution in [3.05, 3.63) is 58.1 Å². The lowest BCUT2D eigenvalue weighted by Gasteiger charge is -2.24. The van der Waals surface area contributed by atoms with Crippen molar-refractivity contribution in [2.24, 2.45) is 11.8 Å². The number of nitrogens with one attached hydrogen (secondary N) is 2. The molecule has 224 valence electrons. The number of fused-ring (bicyclic) bond motifs is 2. The van der Waals surface area contributed by atoms with Gasteiger partial charge in [-0.15, -0.1) is 0 Å². The van der Waals surface area contributed by atoms with Gasteiger partial charge in [0.25, 0.3) is 0 Å². The van der Waals surface area contributed by atoms with Gasteiger partial charge in [-0.3, -0.25) is 9.59 Å². The zero-order valence-electron chi connectivity index (χ0n) is 25.6. The maximum atomic E-state index is 13.9. The molecule has 0 bridgehead atoms. The molecular weight excluding hydrogens is 516 g/mol. The van der Waals surface area contributed by atoms with Gasteiger partial charge in [-0.25, -0.2) is 4.79 Å². The Bertz CT molecular complexity index is 1190. The van der Waals surface area contributed by atoms with E-state index in [1.54, 1.807) is 12.1 Å². The molecule has 2 N–H and O–H groups in total. The van der Waals surface area contributed by atoms with E-state index >= 15 is 0 Å². The first-order valence-corrected chi connectivity index (χ1v) is 15.4. The van der Waals surface area contributed by atoms with Crippen LogP contribution in [0.4, 0.5) is 11.4 Å². The highest BCUT2D eigenvalue weighted by Gasteiger charge is 2.34. The number of ether oxygens (including phenoxy) is 2. The predicted molar refractivity (Wildman–Crippen MR) is 165 cm³/mol. The van der Waals surface area contributed by atoms with Gasteiger partial charge < -0.3 is 20.1 Å². The van der Waals surface area contributed by atoms with Crippen molar-refractivity contribution in [1.29, 1.82) is 0 Å². The van der Waals surface area contributed by atoms with E-state index in [2.05, 4.69) is 31.4 Å². The Morgan fingerprint density at radius 1 is 0.805 bits per heavy atom. The third-order valence-corrected chi connectivity index (χ3v) is 7.48. The van der Waals surface area contributed by atoms with Crippen LogP contribution < -0.4 is 10.6 Å². The molecule has 0 saturated carbocycles. The van der Waals surface area contributed by atoms with E-state index in [1.807, 2.05) is 26.0 Å². The summed E-state index contributed by atoms with van der Waals surface area (Å²) in [5.74, 6) is -0.202. The summed E-state index contributed by atoms with van der Waals surface area (Å²) in [6, 6.07) is 8.37. The van der Waals surface area contributed by atoms with Crippen LogP contribution in [0.25, 0.3) is 0 Å². The second-order valence-electron chi connectivity index (χ2n) is 11.4. The van der Waals surface area contributed by atoms with Crippen molar-refractivity contribution in [2.45, 2.75) is 79.6 Å². The summed E-state index contributed by atoms with van der Waals surface area (Å²) < 4.78 is 11.3. The van der Waals surface area contributed by atoms with Crippen LogP contribution >= 0.6 is 0 Å². The van der Waals surface area contributed by atoms with Crippen LogP contribution in [-0.2, 0) is 9.47 Å². The van der Waals surface area contributed by atoms with Gasteiger partial charge in [0.05, 0.1) is 23.3 Å². The molecule has 1 atom stereocenters. The van der Waals surface area contributed by atoms with E-state index in [4.69, 9.17) is 9.47 Å². The zero-order valence-corrected chi connectivity index (χ0v) is 25.6. The quantitative estimate of drug-likeness (QED) is 0.122. The fourth-order valence-corrected chi connectivity index (χ4v) is 4.97. The molecule has 0 aliphatic heterocycles. The molecule has 0 aromatic heterocycles. The second kappa shape index (κ2) is 16.3. The van der Waals surface area contributed by atoms with Gasteiger partial charge in [-0.1, -0.05) is 60.3 Å². The number of ketones is 2. The van der Waals surface area contributed by atoms with Crippen LogP contribution in [0.3, 0.4) is 0 Å². The minimum atomic E-state index is -0.499. The lowest BCUT2D eigenvalue weighted by molar-refractivity contribution is 0.0458. The molecule has 7 heteroatoms. The Hall–Kier alpha value is -3.19. The Balaban J connectivity index is 1.80. The van der Waals surface area contributed by atoms with E-state index in [0.29, 0.717) is 53.7 Å². The van der Waals surface area contributed by atoms with E-state index in [1.165, 1.54) is 25.3 Å². The molecule has 0 heterocycles. The maximum absolute atomic E-state index is 13.9. The topological polar surface area (TPSA) is 93.7 Å². The summed E-state index contributed by atoms with van der Waals surface area (Å²) >= 11 is 0. The maximum Gasteiger partial charge on any atom is 0.338 e. The number of unbranched alkanes of at least 4 members (excludes halogenated alkanes) is 2. The average Bonchev–Trinajstić information content (AvgIpc) is 2.97. The Morgan fingerprint density at radius 3 is 2.05 bits per heavy atom.